The Labute approximate surface area is 263 Å². The lowest BCUT2D eigenvalue weighted by Crippen LogP contribution is -2.33. The number of carbonyl (C=O) groups is 1. The molecule has 2 aromatic carbocycles. The van der Waals surface area contributed by atoms with Gasteiger partial charge in [0, 0.05) is 38.1 Å². The van der Waals surface area contributed by atoms with E-state index in [0.717, 1.165) is 49.5 Å². The Morgan fingerprint density at radius 3 is 2.22 bits per heavy atom. The van der Waals surface area contributed by atoms with Crippen LogP contribution >= 0.6 is 11.3 Å². The molecule has 9 nitrogen and oxygen atoms in total. The number of para-hydroxylation sites is 1. The molecule has 240 valence electrons. The van der Waals surface area contributed by atoms with Crippen molar-refractivity contribution in [3.05, 3.63) is 64.4 Å². The number of esters is 1. The number of aromatic nitrogens is 2. The molecule has 45 heavy (non-hydrogen) atoms. The Balaban J connectivity index is 1.27. The Kier molecular flexibility index (Phi) is 9.65. The molecule has 0 spiro atoms. The number of thiophene rings is 1. The van der Waals surface area contributed by atoms with Gasteiger partial charge in [-0.2, -0.15) is 18.2 Å². The van der Waals surface area contributed by atoms with E-state index in [2.05, 4.69) is 24.7 Å². The molecule has 0 unspecified atom stereocenters. The van der Waals surface area contributed by atoms with Gasteiger partial charge >= 0.3 is 12.1 Å². The predicted molar refractivity (Wildman–Crippen MR) is 169 cm³/mol. The summed E-state index contributed by atoms with van der Waals surface area (Å²) in [4.78, 5) is 21.3. The van der Waals surface area contributed by atoms with E-state index in [-0.39, 0.29) is 29.4 Å². The van der Waals surface area contributed by atoms with Crippen LogP contribution < -0.4 is 14.9 Å². The summed E-state index contributed by atoms with van der Waals surface area (Å²) in [6, 6.07) is 15.2. The van der Waals surface area contributed by atoms with Crippen LogP contribution in [0.25, 0.3) is 22.0 Å². The van der Waals surface area contributed by atoms with Crippen molar-refractivity contribution in [2.24, 2.45) is 11.8 Å². The number of nitrogens with one attached hydrogen (secondary N) is 2. The van der Waals surface area contributed by atoms with Crippen molar-refractivity contribution in [3.8, 4) is 11.1 Å². The van der Waals surface area contributed by atoms with Crippen molar-refractivity contribution in [3.63, 3.8) is 0 Å². The fraction of sp³-hybridized carbons (Fsp3) is 0.387. The van der Waals surface area contributed by atoms with E-state index in [1.807, 2.05) is 43.3 Å². The number of halogens is 3. The number of fused-ring (bicyclic) bond motifs is 1. The number of anilines is 2. The van der Waals surface area contributed by atoms with Gasteiger partial charge in [0.05, 0.1) is 12.6 Å². The second-order valence-electron chi connectivity index (χ2n) is 11.2. The van der Waals surface area contributed by atoms with Crippen LogP contribution in [0.5, 0.6) is 0 Å². The highest BCUT2D eigenvalue weighted by atomic mass is 32.2. The summed E-state index contributed by atoms with van der Waals surface area (Å²) in [7, 11) is 0.338. The number of methoxy groups -OCH3 is 1. The van der Waals surface area contributed by atoms with Crippen LogP contribution in [0.4, 0.5) is 24.9 Å². The quantitative estimate of drug-likeness (QED) is 0.187. The van der Waals surface area contributed by atoms with Gasteiger partial charge in [0.2, 0.25) is 16.0 Å². The number of hydrogen-bond donors (Lipinski definition) is 2. The summed E-state index contributed by atoms with van der Waals surface area (Å²) >= 11 is 0.0771. The first-order chi connectivity index (χ1) is 21.4. The molecule has 1 fully saturated rings. The monoisotopic (exact) mass is 661 g/mol. The minimum atomic E-state index is -4.88. The van der Waals surface area contributed by atoms with E-state index in [1.54, 1.807) is 6.07 Å². The Morgan fingerprint density at radius 1 is 0.978 bits per heavy atom. The van der Waals surface area contributed by atoms with Crippen LogP contribution in [0, 0.1) is 11.8 Å². The number of carbonyl (C=O) groups excluding carboxylic acids is 1. The molecule has 2 heterocycles. The van der Waals surface area contributed by atoms with Gasteiger partial charge in [-0.1, -0.05) is 42.5 Å². The molecule has 1 saturated carbocycles. The topological polar surface area (TPSA) is 114 Å². The molecule has 0 radical (unpaired) electrons. The second kappa shape index (κ2) is 13.3. The predicted octanol–water partition coefficient (Wildman–Crippen LogP) is 6.43. The van der Waals surface area contributed by atoms with E-state index in [1.165, 1.54) is 24.3 Å². The van der Waals surface area contributed by atoms with Crippen molar-refractivity contribution in [2.45, 2.75) is 36.8 Å². The number of hydrogen-bond acceptors (Lipinski definition) is 9. The van der Waals surface area contributed by atoms with Gasteiger partial charge in [0.25, 0.3) is 0 Å². The molecule has 1 aliphatic carbocycles. The second-order valence-corrected chi connectivity index (χ2v) is 13.9. The maximum absolute atomic E-state index is 14.1. The normalized spacial score (nSPS) is 17.3. The minimum Gasteiger partial charge on any atom is -0.465 e. The molecular formula is C31H34F3N5O4S2. The van der Waals surface area contributed by atoms with E-state index in [0.29, 0.717) is 18.4 Å². The van der Waals surface area contributed by atoms with Gasteiger partial charge < -0.3 is 15.0 Å². The van der Waals surface area contributed by atoms with Crippen molar-refractivity contribution in [2.75, 3.05) is 44.5 Å². The minimum absolute atomic E-state index is 0.0178. The first kappa shape index (κ1) is 32.6. The molecule has 0 atom stereocenters. The Hall–Kier alpha value is -3.75. The molecule has 4 aromatic rings. The zero-order valence-corrected chi connectivity index (χ0v) is 26.7. The standard InChI is InChI=1S/C31H34F3N5O4S2/c1-39(2)28-22-11-7-8-12-23(22)37-30(38-28)35-17-19-13-15-20(16-14-19)18-36-45(41,42)26-24(21-9-5-4-6-10-21)27(31(32,33)34)44-25(26)29(40)43-3/h4-12,19-20,36H,13-18H2,1-3H3,(H,35,37,38)/t19-,20-. The number of alkyl halides is 3. The summed E-state index contributed by atoms with van der Waals surface area (Å²) in [6.07, 6.45) is -1.78. The van der Waals surface area contributed by atoms with Crippen molar-refractivity contribution < 1.29 is 31.1 Å². The highest BCUT2D eigenvalue weighted by Gasteiger charge is 2.43. The van der Waals surface area contributed by atoms with Crippen LogP contribution in [0.15, 0.2) is 59.5 Å². The number of nitrogens with zero attached hydrogens (tertiary/aromatic N) is 3. The largest absolute Gasteiger partial charge is 0.465 e. The summed E-state index contributed by atoms with van der Waals surface area (Å²) in [5.74, 6) is 0.511. The number of rotatable bonds is 10. The summed E-state index contributed by atoms with van der Waals surface area (Å²) < 4.78 is 76.8. The van der Waals surface area contributed by atoms with Crippen LogP contribution in [0.3, 0.4) is 0 Å². The van der Waals surface area contributed by atoms with Gasteiger partial charge in [-0.25, -0.2) is 22.9 Å². The van der Waals surface area contributed by atoms with Gasteiger partial charge in [-0.15, -0.1) is 11.3 Å². The third-order valence-electron chi connectivity index (χ3n) is 7.91. The molecule has 0 saturated heterocycles. The highest BCUT2D eigenvalue weighted by molar-refractivity contribution is 7.90. The third kappa shape index (κ3) is 7.23. The molecule has 0 aliphatic heterocycles. The van der Waals surface area contributed by atoms with Gasteiger partial charge in [-0.3, -0.25) is 0 Å². The van der Waals surface area contributed by atoms with Crippen molar-refractivity contribution in [1.82, 2.24) is 14.7 Å². The highest BCUT2D eigenvalue weighted by Crippen LogP contribution is 2.47. The number of benzene rings is 2. The summed E-state index contributed by atoms with van der Waals surface area (Å²) in [5.41, 5.74) is 0.329. The molecule has 2 N–H and O–H groups in total. The van der Waals surface area contributed by atoms with E-state index >= 15 is 0 Å². The molecule has 0 amide bonds. The molecule has 2 aromatic heterocycles. The smallest absolute Gasteiger partial charge is 0.426 e. The zero-order chi connectivity index (χ0) is 32.4. The van der Waals surface area contributed by atoms with Crippen LogP contribution in [0.1, 0.15) is 40.2 Å². The Morgan fingerprint density at radius 2 is 1.60 bits per heavy atom. The number of ether oxygens (including phenoxy) is 1. The lowest BCUT2D eigenvalue weighted by molar-refractivity contribution is -0.133. The van der Waals surface area contributed by atoms with E-state index in [4.69, 9.17) is 0 Å². The van der Waals surface area contributed by atoms with E-state index < -0.39 is 42.4 Å². The van der Waals surface area contributed by atoms with Gasteiger partial charge in [-0.05, 0) is 55.2 Å². The first-order valence-corrected chi connectivity index (χ1v) is 16.7. The lowest BCUT2D eigenvalue weighted by atomic mass is 9.82. The summed E-state index contributed by atoms with van der Waals surface area (Å²) in [6.45, 7) is 0.691. The average molecular weight is 662 g/mol. The van der Waals surface area contributed by atoms with Crippen LogP contribution in [-0.4, -0.2) is 58.6 Å². The first-order valence-electron chi connectivity index (χ1n) is 14.4. The summed E-state index contributed by atoms with van der Waals surface area (Å²) in [5, 5.41) is 4.32. The Bertz CT molecular complexity index is 1770. The fourth-order valence-electron chi connectivity index (χ4n) is 5.62. The maximum atomic E-state index is 14.1. The molecule has 14 heteroatoms. The molecular weight excluding hydrogens is 628 g/mol. The lowest BCUT2D eigenvalue weighted by Gasteiger charge is -2.29. The van der Waals surface area contributed by atoms with E-state index in [9.17, 15) is 26.4 Å². The van der Waals surface area contributed by atoms with Gasteiger partial charge in [0.1, 0.15) is 20.5 Å². The molecule has 0 bridgehead atoms. The fourth-order valence-corrected chi connectivity index (χ4v) is 8.56. The van der Waals surface area contributed by atoms with Crippen LogP contribution in [0.2, 0.25) is 0 Å². The molecule has 1 aliphatic rings. The molecule has 5 rings (SSSR count). The van der Waals surface area contributed by atoms with Crippen molar-refractivity contribution in [1.29, 1.82) is 0 Å². The van der Waals surface area contributed by atoms with Gasteiger partial charge in [0.15, 0.2) is 0 Å². The number of sulfonamides is 1. The SMILES string of the molecule is COC(=O)c1sc(C(F)(F)F)c(-c2ccccc2)c1S(=O)(=O)NC[C@H]1CC[C@H](CNc2nc(N(C)C)c3ccccc3n2)CC1. The zero-order valence-electron chi connectivity index (χ0n) is 25.0. The average Bonchev–Trinajstić information content (AvgIpc) is 3.46. The van der Waals surface area contributed by atoms with Crippen molar-refractivity contribution >= 4 is 50.0 Å². The van der Waals surface area contributed by atoms with Crippen LogP contribution in [-0.2, 0) is 20.9 Å². The maximum Gasteiger partial charge on any atom is 0.426 e. The third-order valence-corrected chi connectivity index (χ3v) is 10.7.